The highest BCUT2D eigenvalue weighted by Gasteiger charge is 2.35. The number of para-hydroxylation sites is 1. The van der Waals surface area contributed by atoms with Gasteiger partial charge < -0.3 is 14.6 Å². The number of hydrogen-bond acceptors (Lipinski definition) is 2. The zero-order valence-electron chi connectivity index (χ0n) is 17.0. The van der Waals surface area contributed by atoms with Crippen molar-refractivity contribution < 1.29 is 9.53 Å². The zero-order chi connectivity index (χ0) is 20.5. The Labute approximate surface area is 176 Å². The van der Waals surface area contributed by atoms with E-state index >= 15 is 0 Å². The molecule has 1 unspecified atom stereocenters. The number of amides is 1. The zero-order valence-corrected chi connectivity index (χ0v) is 17.0. The van der Waals surface area contributed by atoms with Gasteiger partial charge in [-0.25, -0.2) is 0 Å². The van der Waals surface area contributed by atoms with Crippen molar-refractivity contribution in [1.29, 1.82) is 0 Å². The van der Waals surface area contributed by atoms with Crippen molar-refractivity contribution in [2.24, 2.45) is 0 Å². The Balaban J connectivity index is 1.66. The highest BCUT2D eigenvalue weighted by molar-refractivity contribution is 5.95. The van der Waals surface area contributed by atoms with Crippen LogP contribution >= 0.6 is 0 Å². The molecule has 1 aliphatic rings. The molecule has 3 aromatic carbocycles. The summed E-state index contributed by atoms with van der Waals surface area (Å²) in [5.74, 6) is 0.872. The monoisotopic (exact) mass is 396 g/mol. The number of carbonyl (C=O) groups excluding carboxylic acids is 1. The molecule has 1 atom stereocenters. The average molecular weight is 396 g/mol. The van der Waals surface area contributed by atoms with E-state index in [9.17, 15) is 4.79 Å². The molecule has 4 heteroatoms. The molecule has 4 nitrogen and oxygen atoms in total. The predicted octanol–water partition coefficient (Wildman–Crippen LogP) is 5.35. The van der Waals surface area contributed by atoms with Crippen LogP contribution in [0.15, 0.2) is 78.9 Å². The first kappa shape index (κ1) is 18.5. The van der Waals surface area contributed by atoms with Gasteiger partial charge in [-0.05, 0) is 54.8 Å². The molecule has 1 aromatic heterocycles. The summed E-state index contributed by atoms with van der Waals surface area (Å²) in [5.41, 5.74) is 5.28. The van der Waals surface area contributed by atoms with Gasteiger partial charge in [0.1, 0.15) is 5.75 Å². The SMILES string of the molecule is CCOc1cccc(C2c3[nH]c4ccccc4c3CCN2C(=O)c2ccccc2)c1. The molecule has 0 aliphatic carbocycles. The van der Waals surface area contributed by atoms with Gasteiger partial charge in [0.25, 0.3) is 5.91 Å². The number of hydrogen-bond donors (Lipinski definition) is 1. The lowest BCUT2D eigenvalue weighted by Gasteiger charge is -2.36. The molecule has 5 rings (SSSR count). The third kappa shape index (κ3) is 3.14. The summed E-state index contributed by atoms with van der Waals surface area (Å²) in [6, 6.07) is 25.8. The summed E-state index contributed by atoms with van der Waals surface area (Å²) < 4.78 is 5.75. The van der Waals surface area contributed by atoms with E-state index in [1.165, 1.54) is 10.9 Å². The Hall–Kier alpha value is -3.53. The molecule has 0 radical (unpaired) electrons. The quantitative estimate of drug-likeness (QED) is 0.505. The van der Waals surface area contributed by atoms with Crippen molar-refractivity contribution in [3.05, 3.63) is 101 Å². The molecule has 1 aliphatic heterocycles. The fourth-order valence-corrected chi connectivity index (χ4v) is 4.49. The Morgan fingerprint density at radius 2 is 1.83 bits per heavy atom. The summed E-state index contributed by atoms with van der Waals surface area (Å²) in [5, 5.41) is 1.24. The number of nitrogens with zero attached hydrogens (tertiary/aromatic N) is 1. The van der Waals surface area contributed by atoms with Crippen LogP contribution in [0.5, 0.6) is 5.75 Å². The maximum absolute atomic E-state index is 13.5. The van der Waals surface area contributed by atoms with E-state index < -0.39 is 0 Å². The van der Waals surface area contributed by atoms with Crippen LogP contribution in [0, 0.1) is 0 Å². The van der Waals surface area contributed by atoms with Crippen LogP contribution in [0.2, 0.25) is 0 Å². The fraction of sp³-hybridized carbons (Fsp3) is 0.192. The highest BCUT2D eigenvalue weighted by Crippen LogP contribution is 2.39. The number of nitrogens with one attached hydrogen (secondary N) is 1. The van der Waals surface area contributed by atoms with E-state index in [1.54, 1.807) is 0 Å². The number of rotatable bonds is 4. The van der Waals surface area contributed by atoms with E-state index in [2.05, 4.69) is 35.3 Å². The molecule has 1 amide bonds. The summed E-state index contributed by atoms with van der Waals surface area (Å²) in [6.07, 6.45) is 0.833. The topological polar surface area (TPSA) is 45.3 Å². The molecule has 1 N–H and O–H groups in total. The average Bonchev–Trinajstić information content (AvgIpc) is 3.17. The van der Waals surface area contributed by atoms with E-state index in [0.29, 0.717) is 18.7 Å². The lowest BCUT2D eigenvalue weighted by molar-refractivity contribution is 0.0691. The molecule has 150 valence electrons. The van der Waals surface area contributed by atoms with Crippen molar-refractivity contribution in [1.82, 2.24) is 9.88 Å². The fourth-order valence-electron chi connectivity index (χ4n) is 4.49. The first-order valence-electron chi connectivity index (χ1n) is 10.4. The van der Waals surface area contributed by atoms with Crippen molar-refractivity contribution in [2.45, 2.75) is 19.4 Å². The number of ether oxygens (including phenoxy) is 1. The van der Waals surface area contributed by atoms with E-state index in [0.717, 1.165) is 28.9 Å². The van der Waals surface area contributed by atoms with Crippen molar-refractivity contribution in [3.8, 4) is 5.75 Å². The maximum Gasteiger partial charge on any atom is 0.254 e. The Bertz CT molecular complexity index is 1200. The Morgan fingerprint density at radius 3 is 2.67 bits per heavy atom. The first-order chi connectivity index (χ1) is 14.8. The molecular weight excluding hydrogens is 372 g/mol. The van der Waals surface area contributed by atoms with Crippen LogP contribution in [0.4, 0.5) is 0 Å². The molecule has 0 bridgehead atoms. The maximum atomic E-state index is 13.5. The second-order valence-corrected chi connectivity index (χ2v) is 7.59. The summed E-state index contributed by atoms with van der Waals surface area (Å²) in [6.45, 7) is 3.26. The first-order valence-corrected chi connectivity index (χ1v) is 10.4. The largest absolute Gasteiger partial charge is 0.494 e. The number of aromatic nitrogens is 1. The number of benzene rings is 3. The lowest BCUT2D eigenvalue weighted by atomic mass is 9.91. The van der Waals surface area contributed by atoms with Crippen molar-refractivity contribution >= 4 is 16.8 Å². The third-order valence-electron chi connectivity index (χ3n) is 5.80. The molecular formula is C26H24N2O2. The standard InChI is InChI=1S/C26H24N2O2/c1-2-30-20-12-8-11-19(17-20)25-24-22(21-13-6-7-14-23(21)27-24)15-16-28(25)26(29)18-9-4-3-5-10-18/h3-14,17,25,27H,2,15-16H2,1H3. The van der Waals surface area contributed by atoms with Gasteiger partial charge in [0, 0.05) is 28.7 Å². The molecule has 0 saturated heterocycles. The Kier molecular flexibility index (Phi) is 4.75. The Morgan fingerprint density at radius 1 is 1.03 bits per heavy atom. The third-order valence-corrected chi connectivity index (χ3v) is 5.80. The van der Waals surface area contributed by atoms with Crippen LogP contribution in [-0.2, 0) is 6.42 Å². The van der Waals surface area contributed by atoms with E-state index in [-0.39, 0.29) is 11.9 Å². The van der Waals surface area contributed by atoms with Crippen LogP contribution in [0.25, 0.3) is 10.9 Å². The minimum Gasteiger partial charge on any atom is -0.494 e. The van der Waals surface area contributed by atoms with Gasteiger partial charge in [0.2, 0.25) is 0 Å². The minimum atomic E-state index is -0.186. The van der Waals surface area contributed by atoms with Gasteiger partial charge in [-0.3, -0.25) is 4.79 Å². The van der Waals surface area contributed by atoms with Gasteiger partial charge in [-0.2, -0.15) is 0 Å². The van der Waals surface area contributed by atoms with Crippen LogP contribution in [0.3, 0.4) is 0 Å². The molecule has 30 heavy (non-hydrogen) atoms. The molecule has 0 spiro atoms. The van der Waals surface area contributed by atoms with Crippen LogP contribution < -0.4 is 4.74 Å². The van der Waals surface area contributed by atoms with Crippen molar-refractivity contribution in [2.75, 3.05) is 13.2 Å². The highest BCUT2D eigenvalue weighted by atomic mass is 16.5. The summed E-state index contributed by atoms with van der Waals surface area (Å²) in [7, 11) is 0. The molecule has 4 aromatic rings. The number of aromatic amines is 1. The van der Waals surface area contributed by atoms with Gasteiger partial charge >= 0.3 is 0 Å². The summed E-state index contributed by atoms with van der Waals surface area (Å²) in [4.78, 5) is 19.1. The second kappa shape index (κ2) is 7.71. The van der Waals surface area contributed by atoms with Crippen molar-refractivity contribution in [3.63, 3.8) is 0 Å². The normalized spacial score (nSPS) is 15.8. The lowest BCUT2D eigenvalue weighted by Crippen LogP contribution is -2.40. The molecule has 0 saturated carbocycles. The van der Waals surface area contributed by atoms with E-state index in [4.69, 9.17) is 4.74 Å². The predicted molar refractivity (Wildman–Crippen MR) is 119 cm³/mol. The smallest absolute Gasteiger partial charge is 0.254 e. The second-order valence-electron chi connectivity index (χ2n) is 7.59. The summed E-state index contributed by atoms with van der Waals surface area (Å²) >= 11 is 0. The van der Waals surface area contributed by atoms with Crippen LogP contribution in [0.1, 0.15) is 40.1 Å². The van der Waals surface area contributed by atoms with Gasteiger partial charge in [0.05, 0.1) is 12.6 Å². The van der Waals surface area contributed by atoms with Crippen LogP contribution in [-0.4, -0.2) is 28.9 Å². The minimum absolute atomic E-state index is 0.0479. The van der Waals surface area contributed by atoms with E-state index in [1.807, 2.05) is 60.4 Å². The molecule has 2 heterocycles. The molecule has 0 fully saturated rings. The number of carbonyl (C=O) groups is 1. The van der Waals surface area contributed by atoms with Gasteiger partial charge in [0.15, 0.2) is 0 Å². The number of fused-ring (bicyclic) bond motifs is 3. The number of H-pyrrole nitrogens is 1. The van der Waals surface area contributed by atoms with Gasteiger partial charge in [-0.1, -0.05) is 48.5 Å². The van der Waals surface area contributed by atoms with Gasteiger partial charge in [-0.15, -0.1) is 0 Å².